The number of hydrogen-bond acceptors (Lipinski definition) is 4. The van der Waals surface area contributed by atoms with E-state index in [1.807, 2.05) is 24.3 Å². The molecule has 0 amide bonds. The predicted molar refractivity (Wildman–Crippen MR) is 75.0 cm³/mol. The molecule has 0 spiro atoms. The molecule has 0 unspecified atom stereocenters. The van der Waals surface area contributed by atoms with Crippen molar-refractivity contribution < 1.29 is 14.2 Å². The minimum atomic E-state index is 0.633. The molecule has 2 rings (SSSR count). The summed E-state index contributed by atoms with van der Waals surface area (Å²) >= 11 is 0. The molecule has 1 aromatic rings. The highest BCUT2D eigenvalue weighted by atomic mass is 16.5. The van der Waals surface area contributed by atoms with Crippen LogP contribution in [0.1, 0.15) is 12.8 Å². The number of nitrogens with zero attached hydrogens (tertiary/aromatic N) is 1. The number of methoxy groups -OCH3 is 1. The molecule has 0 aliphatic carbocycles. The first-order chi connectivity index (χ1) is 9.29. The van der Waals surface area contributed by atoms with Gasteiger partial charge in [-0.05, 0) is 44.2 Å². The van der Waals surface area contributed by atoms with E-state index >= 15 is 0 Å². The van der Waals surface area contributed by atoms with Crippen molar-refractivity contribution >= 4 is 0 Å². The highest BCUT2D eigenvalue weighted by molar-refractivity contribution is 5.31. The fourth-order valence-corrected chi connectivity index (χ4v) is 2.29. The van der Waals surface area contributed by atoms with Gasteiger partial charge in [-0.15, -0.1) is 0 Å². The molecule has 1 saturated heterocycles. The summed E-state index contributed by atoms with van der Waals surface area (Å²) in [5.74, 6) is 1.74. The van der Waals surface area contributed by atoms with Crippen LogP contribution in [0.25, 0.3) is 0 Å². The Kier molecular flexibility index (Phi) is 5.48. The second-order valence-corrected chi connectivity index (χ2v) is 4.85. The van der Waals surface area contributed by atoms with Crippen molar-refractivity contribution in [2.75, 3.05) is 40.5 Å². The number of benzene rings is 1. The minimum absolute atomic E-state index is 0.633. The van der Waals surface area contributed by atoms with E-state index in [1.54, 1.807) is 7.11 Å². The zero-order valence-electron chi connectivity index (χ0n) is 11.8. The summed E-state index contributed by atoms with van der Waals surface area (Å²) in [5, 5.41) is 0. The Balaban J connectivity index is 1.69. The summed E-state index contributed by atoms with van der Waals surface area (Å²) in [6, 6.07) is 8.34. The molecule has 0 saturated carbocycles. The molecule has 1 aliphatic heterocycles. The number of hydrogen-bond donors (Lipinski definition) is 0. The first-order valence-electron chi connectivity index (χ1n) is 6.84. The van der Waals surface area contributed by atoms with Gasteiger partial charge in [0.1, 0.15) is 18.1 Å². The molecular weight excluding hydrogens is 242 g/mol. The monoisotopic (exact) mass is 265 g/mol. The van der Waals surface area contributed by atoms with Crippen LogP contribution in [0.4, 0.5) is 0 Å². The molecule has 0 bridgehead atoms. The van der Waals surface area contributed by atoms with Crippen LogP contribution in [-0.4, -0.2) is 51.5 Å². The summed E-state index contributed by atoms with van der Waals surface area (Å²) in [6.07, 6.45) is 2.25. The number of ether oxygens (including phenoxy) is 3. The lowest BCUT2D eigenvalue weighted by Crippen LogP contribution is -2.38. The Hall–Kier alpha value is -1.26. The molecule has 1 aliphatic rings. The smallest absolute Gasteiger partial charge is 0.119 e. The van der Waals surface area contributed by atoms with Crippen LogP contribution in [0.3, 0.4) is 0 Å². The van der Waals surface area contributed by atoms with Gasteiger partial charge in [-0.2, -0.15) is 0 Å². The van der Waals surface area contributed by atoms with Crippen LogP contribution >= 0.6 is 0 Å². The Bertz CT molecular complexity index is 360. The molecule has 0 radical (unpaired) electrons. The lowest BCUT2D eigenvalue weighted by atomic mass is 10.1. The third-order valence-corrected chi connectivity index (χ3v) is 3.59. The summed E-state index contributed by atoms with van der Waals surface area (Å²) in [7, 11) is 3.83. The van der Waals surface area contributed by atoms with Gasteiger partial charge < -0.3 is 14.2 Å². The van der Waals surface area contributed by atoms with Crippen LogP contribution in [0.5, 0.6) is 11.5 Å². The van der Waals surface area contributed by atoms with Crippen molar-refractivity contribution in [3.8, 4) is 11.5 Å². The average Bonchev–Trinajstić information content (AvgIpc) is 2.49. The Labute approximate surface area is 115 Å². The van der Waals surface area contributed by atoms with E-state index in [4.69, 9.17) is 14.2 Å². The van der Waals surface area contributed by atoms with Gasteiger partial charge in [0.15, 0.2) is 0 Å². The molecule has 0 aromatic heterocycles. The van der Waals surface area contributed by atoms with Crippen LogP contribution < -0.4 is 9.47 Å². The van der Waals surface area contributed by atoms with Crippen molar-refractivity contribution in [1.82, 2.24) is 4.90 Å². The summed E-state index contributed by atoms with van der Waals surface area (Å²) in [4.78, 5) is 2.37. The molecular formula is C15H23NO3. The fraction of sp³-hybridized carbons (Fsp3) is 0.600. The molecule has 106 valence electrons. The summed E-state index contributed by atoms with van der Waals surface area (Å²) < 4.78 is 16.2. The maximum atomic E-state index is 5.74. The van der Waals surface area contributed by atoms with Crippen molar-refractivity contribution in [2.24, 2.45) is 0 Å². The van der Waals surface area contributed by atoms with Gasteiger partial charge in [-0.25, -0.2) is 0 Å². The molecule has 1 aromatic carbocycles. The van der Waals surface area contributed by atoms with Crippen molar-refractivity contribution in [3.63, 3.8) is 0 Å². The van der Waals surface area contributed by atoms with Crippen molar-refractivity contribution in [2.45, 2.75) is 18.9 Å². The van der Waals surface area contributed by atoms with Crippen molar-refractivity contribution in [1.29, 1.82) is 0 Å². The van der Waals surface area contributed by atoms with E-state index in [9.17, 15) is 0 Å². The maximum Gasteiger partial charge on any atom is 0.119 e. The molecule has 1 heterocycles. The molecule has 0 N–H and O–H groups in total. The molecule has 0 atom stereocenters. The largest absolute Gasteiger partial charge is 0.497 e. The number of rotatable bonds is 6. The quantitative estimate of drug-likeness (QED) is 0.789. The second kappa shape index (κ2) is 7.36. The Morgan fingerprint density at radius 2 is 1.79 bits per heavy atom. The van der Waals surface area contributed by atoms with Crippen molar-refractivity contribution in [3.05, 3.63) is 24.3 Å². The third-order valence-electron chi connectivity index (χ3n) is 3.59. The van der Waals surface area contributed by atoms with Gasteiger partial charge in [0.2, 0.25) is 0 Å². The lowest BCUT2D eigenvalue weighted by Gasteiger charge is -2.30. The second-order valence-electron chi connectivity index (χ2n) is 4.85. The summed E-state index contributed by atoms with van der Waals surface area (Å²) in [6.45, 7) is 3.42. The number of likely N-dealkylation sites (N-methyl/N-ethyl adjacent to an activating group) is 1. The van der Waals surface area contributed by atoms with E-state index in [2.05, 4.69) is 11.9 Å². The first kappa shape index (κ1) is 14.2. The molecule has 4 nitrogen and oxygen atoms in total. The lowest BCUT2D eigenvalue weighted by molar-refractivity contribution is 0.0392. The standard InChI is InChI=1S/C15H23NO3/c1-16(13-7-10-18-11-8-13)9-12-19-15-5-3-14(17-2)4-6-15/h3-6,13H,7-12H2,1-2H3. The fourth-order valence-electron chi connectivity index (χ4n) is 2.29. The highest BCUT2D eigenvalue weighted by Gasteiger charge is 2.17. The molecule has 4 heteroatoms. The highest BCUT2D eigenvalue weighted by Crippen LogP contribution is 2.17. The van der Waals surface area contributed by atoms with Crippen LogP contribution in [0.2, 0.25) is 0 Å². The summed E-state index contributed by atoms with van der Waals surface area (Å²) in [5.41, 5.74) is 0. The molecule has 1 fully saturated rings. The van der Waals surface area contributed by atoms with Gasteiger partial charge in [0.05, 0.1) is 7.11 Å². The van der Waals surface area contributed by atoms with Crippen LogP contribution in [-0.2, 0) is 4.74 Å². The Morgan fingerprint density at radius 1 is 1.16 bits per heavy atom. The van der Waals surface area contributed by atoms with E-state index < -0.39 is 0 Å². The van der Waals surface area contributed by atoms with Gasteiger partial charge in [0, 0.05) is 25.8 Å². The maximum absolute atomic E-state index is 5.74. The first-order valence-corrected chi connectivity index (χ1v) is 6.84. The Morgan fingerprint density at radius 3 is 2.42 bits per heavy atom. The van der Waals surface area contributed by atoms with Gasteiger partial charge >= 0.3 is 0 Å². The van der Waals surface area contributed by atoms with Gasteiger partial charge in [-0.1, -0.05) is 0 Å². The predicted octanol–water partition coefficient (Wildman–Crippen LogP) is 2.18. The van der Waals surface area contributed by atoms with Crippen LogP contribution in [0.15, 0.2) is 24.3 Å². The van der Waals surface area contributed by atoms with E-state index in [-0.39, 0.29) is 0 Å². The topological polar surface area (TPSA) is 30.9 Å². The van der Waals surface area contributed by atoms with Gasteiger partial charge in [0.25, 0.3) is 0 Å². The SMILES string of the molecule is COc1ccc(OCCN(C)C2CCOCC2)cc1. The third kappa shape index (κ3) is 4.40. The molecule has 19 heavy (non-hydrogen) atoms. The zero-order valence-corrected chi connectivity index (χ0v) is 11.8. The van der Waals surface area contributed by atoms with E-state index in [0.717, 1.165) is 44.1 Å². The van der Waals surface area contributed by atoms with E-state index in [0.29, 0.717) is 12.6 Å². The normalized spacial score (nSPS) is 16.6. The minimum Gasteiger partial charge on any atom is -0.497 e. The zero-order chi connectivity index (χ0) is 13.5. The van der Waals surface area contributed by atoms with E-state index in [1.165, 1.54) is 0 Å². The van der Waals surface area contributed by atoms with Crippen LogP contribution in [0, 0.1) is 0 Å². The average molecular weight is 265 g/mol. The van der Waals surface area contributed by atoms with Gasteiger partial charge in [-0.3, -0.25) is 4.90 Å².